The van der Waals surface area contributed by atoms with Crippen molar-refractivity contribution in [1.29, 1.82) is 0 Å². The normalized spacial score (nSPS) is 11.2. The van der Waals surface area contributed by atoms with E-state index in [2.05, 4.69) is 0 Å². The summed E-state index contributed by atoms with van der Waals surface area (Å²) < 4.78 is 30.9. The van der Waals surface area contributed by atoms with Crippen molar-refractivity contribution in [2.24, 2.45) is 0 Å². The van der Waals surface area contributed by atoms with Crippen molar-refractivity contribution in [3.63, 3.8) is 0 Å². The fourth-order valence-electron chi connectivity index (χ4n) is 1.42. The summed E-state index contributed by atoms with van der Waals surface area (Å²) in [5.41, 5.74) is -0.961. The third-order valence-corrected chi connectivity index (χ3v) is 4.57. The topological polar surface area (TPSA) is 129 Å². The van der Waals surface area contributed by atoms with E-state index in [4.69, 9.17) is 14.8 Å². The van der Waals surface area contributed by atoms with E-state index in [1.807, 2.05) is 0 Å². The molecule has 0 atom stereocenters. The van der Waals surface area contributed by atoms with Crippen LogP contribution < -0.4 is 2.81 Å². The molecular formula is C8H5NaO7S. The second kappa shape index (κ2) is 4.75. The van der Waals surface area contributed by atoms with Gasteiger partial charge in [0, 0.05) is 0 Å². The molecule has 0 spiro atoms. The second-order valence-corrected chi connectivity index (χ2v) is 5.56. The van der Waals surface area contributed by atoms with Gasteiger partial charge < -0.3 is 0 Å². The van der Waals surface area contributed by atoms with Gasteiger partial charge in [0.15, 0.2) is 0 Å². The Bertz CT molecular complexity index is 605. The van der Waals surface area contributed by atoms with Gasteiger partial charge in [0.25, 0.3) is 0 Å². The van der Waals surface area contributed by atoms with Crippen molar-refractivity contribution in [1.82, 2.24) is 0 Å². The Morgan fingerprint density at radius 1 is 1.06 bits per heavy atom. The van der Waals surface area contributed by atoms with Gasteiger partial charge in [0.2, 0.25) is 0 Å². The first kappa shape index (κ1) is 14.1. The van der Waals surface area contributed by atoms with Crippen molar-refractivity contribution in [3.8, 4) is 0 Å². The van der Waals surface area contributed by atoms with Crippen LogP contribution in [0, 0.1) is 0 Å². The zero-order valence-electron chi connectivity index (χ0n) is 8.54. The summed E-state index contributed by atoms with van der Waals surface area (Å²) in [5.74, 6) is -2.93. The van der Waals surface area contributed by atoms with Crippen LogP contribution in [0.3, 0.4) is 0 Å². The van der Waals surface area contributed by atoms with Crippen LogP contribution in [0.15, 0.2) is 17.0 Å². The predicted molar refractivity (Wildman–Crippen MR) is 55.6 cm³/mol. The molecule has 0 heterocycles. The van der Waals surface area contributed by atoms with Crippen molar-refractivity contribution in [3.05, 3.63) is 23.3 Å². The zero-order chi connectivity index (χ0) is 13.4. The minimum absolute atomic E-state index is 0.0331. The molecule has 0 aliphatic rings. The molecule has 0 radical (unpaired) electrons. The van der Waals surface area contributed by atoms with Crippen molar-refractivity contribution in [2.75, 3.05) is 0 Å². The van der Waals surface area contributed by atoms with Crippen molar-refractivity contribution < 1.29 is 32.8 Å². The summed E-state index contributed by atoms with van der Waals surface area (Å²) in [6.45, 7) is 0. The Hall–Kier alpha value is -0.930. The Balaban J connectivity index is 3.78. The number of carboxylic acids is 2. The number of hydrogen-bond acceptors (Lipinski definition) is 4. The molecule has 17 heavy (non-hydrogen) atoms. The summed E-state index contributed by atoms with van der Waals surface area (Å²) in [4.78, 5) is 20.7. The Morgan fingerprint density at radius 2 is 1.47 bits per heavy atom. The summed E-state index contributed by atoms with van der Waals surface area (Å²) in [7, 11) is -4.77. The van der Waals surface area contributed by atoms with Crippen LogP contribution >= 0.6 is 0 Å². The number of aromatic carboxylic acids is 2. The van der Waals surface area contributed by atoms with E-state index in [0.29, 0.717) is 0 Å². The molecule has 0 fully saturated rings. The van der Waals surface area contributed by atoms with E-state index in [9.17, 15) is 18.0 Å². The van der Waals surface area contributed by atoms with Crippen LogP contribution in [0.2, 0.25) is 0 Å². The number of hydrogen-bond donors (Lipinski definition) is 3. The Labute approximate surface area is 113 Å². The standard InChI is InChI=1S/C8H5O7S.Na/c9-7(10)4-1-2-5(8(11)12)6(3-4)16(13,14)15;/h1-2H,(H,9,10)(H,11,12)(H,13,14,15);. The molecule has 0 saturated carbocycles. The number of benzene rings is 1. The molecule has 1 aromatic rings. The monoisotopic (exact) mass is 268 g/mol. The molecule has 3 N–H and O–H groups in total. The van der Waals surface area contributed by atoms with Crippen LogP contribution in [0.5, 0.6) is 0 Å². The summed E-state index contributed by atoms with van der Waals surface area (Å²) in [6.07, 6.45) is 0. The zero-order valence-corrected chi connectivity index (χ0v) is 11.4. The molecule has 0 amide bonds. The molecular weight excluding hydrogens is 263 g/mol. The van der Waals surface area contributed by atoms with E-state index < -0.39 is 32.5 Å². The van der Waals surface area contributed by atoms with E-state index in [-0.39, 0.29) is 36.3 Å². The van der Waals surface area contributed by atoms with Gasteiger partial charge in [0.05, 0.1) is 0 Å². The molecule has 0 unspecified atom stereocenters. The van der Waals surface area contributed by atoms with Crippen LogP contribution in [-0.2, 0) is 10.1 Å². The molecule has 1 aromatic carbocycles. The summed E-state index contributed by atoms with van der Waals surface area (Å²) >= 11 is -0.0331. The molecule has 0 saturated heterocycles. The second-order valence-electron chi connectivity index (χ2n) is 3.20. The average Bonchev–Trinajstić information content (AvgIpc) is 2.14. The van der Waals surface area contributed by atoms with E-state index >= 15 is 0 Å². The summed E-state index contributed by atoms with van der Waals surface area (Å²) in [5, 5.41) is 17.6. The van der Waals surface area contributed by atoms with Gasteiger partial charge in [-0.1, -0.05) is 0 Å². The first-order chi connectivity index (χ1) is 7.66. The van der Waals surface area contributed by atoms with E-state index in [1.54, 1.807) is 0 Å². The molecule has 86 valence electrons. The summed E-state index contributed by atoms with van der Waals surface area (Å²) in [6, 6.07) is 1.85. The molecule has 0 aromatic heterocycles. The fourth-order valence-corrected chi connectivity index (χ4v) is 3.78. The third-order valence-electron chi connectivity index (χ3n) is 2.12. The van der Waals surface area contributed by atoms with Crippen molar-refractivity contribution >= 4 is 52.8 Å². The van der Waals surface area contributed by atoms with Gasteiger partial charge >= 0.3 is 114 Å². The average molecular weight is 268 g/mol. The molecule has 9 heteroatoms. The van der Waals surface area contributed by atoms with Gasteiger partial charge in [-0.05, 0) is 0 Å². The number of carboxylic acid groups (broad SMARTS) is 2. The first-order valence-electron chi connectivity index (χ1n) is 4.24. The van der Waals surface area contributed by atoms with Crippen molar-refractivity contribution in [2.45, 2.75) is 4.90 Å². The fraction of sp³-hybridized carbons (Fsp3) is 0. The Morgan fingerprint density at radius 3 is 1.82 bits per heavy atom. The maximum atomic E-state index is 11.1. The first-order valence-corrected chi connectivity index (χ1v) is 6.68. The van der Waals surface area contributed by atoms with Gasteiger partial charge in [-0.2, -0.15) is 0 Å². The molecule has 0 aliphatic carbocycles. The SMILES string of the molecule is O=C(O)c1ccc(C(=O)O)c(S(=O)(=O)O)[c]1[Na]. The quantitative estimate of drug-likeness (QED) is 0.479. The molecule has 7 nitrogen and oxygen atoms in total. The van der Waals surface area contributed by atoms with Crippen LogP contribution in [0.1, 0.15) is 20.7 Å². The van der Waals surface area contributed by atoms with Gasteiger partial charge in [-0.25, -0.2) is 0 Å². The van der Waals surface area contributed by atoms with Gasteiger partial charge in [-0.3, -0.25) is 0 Å². The third kappa shape index (κ3) is 2.85. The molecule has 0 bridgehead atoms. The van der Waals surface area contributed by atoms with Crippen LogP contribution in [0.25, 0.3) is 0 Å². The van der Waals surface area contributed by atoms with E-state index in [0.717, 1.165) is 12.1 Å². The maximum absolute atomic E-state index is 11.1. The van der Waals surface area contributed by atoms with Gasteiger partial charge in [0.1, 0.15) is 0 Å². The minimum atomic E-state index is -4.77. The van der Waals surface area contributed by atoms with Crippen LogP contribution in [0.4, 0.5) is 0 Å². The number of rotatable bonds is 3. The molecule has 0 aliphatic heterocycles. The van der Waals surface area contributed by atoms with E-state index in [1.165, 1.54) is 0 Å². The predicted octanol–water partition coefficient (Wildman–Crippen LogP) is -0.876. The Kier molecular flexibility index (Phi) is 3.95. The number of carbonyl (C=O) groups is 2. The van der Waals surface area contributed by atoms with Gasteiger partial charge in [-0.15, -0.1) is 0 Å². The molecule has 1 rings (SSSR count). The van der Waals surface area contributed by atoms with Crippen LogP contribution in [-0.4, -0.2) is 63.1 Å².